The van der Waals surface area contributed by atoms with Crippen molar-refractivity contribution >= 4 is 0 Å². The van der Waals surface area contributed by atoms with Crippen molar-refractivity contribution in [1.29, 1.82) is 0 Å². The zero-order valence-electron chi connectivity index (χ0n) is 11.0. The van der Waals surface area contributed by atoms with Gasteiger partial charge in [0.05, 0.1) is 5.56 Å². The second kappa shape index (κ2) is 5.63. The molecular formula is C15H15F3N2. The standard InChI is InChI=1S/C15H15F3N2/c1-10-9-20-7-6-13(10)14(19)8-11-2-4-12(5-3-11)15(16,17)18/h2-7,9,14H,8,19H2,1H3. The molecule has 0 bridgehead atoms. The summed E-state index contributed by atoms with van der Waals surface area (Å²) in [4.78, 5) is 3.99. The van der Waals surface area contributed by atoms with Crippen LogP contribution < -0.4 is 5.73 Å². The van der Waals surface area contributed by atoms with Crippen LogP contribution in [0.15, 0.2) is 42.7 Å². The Morgan fingerprint density at radius 1 is 1.15 bits per heavy atom. The second-order valence-corrected chi connectivity index (χ2v) is 4.74. The van der Waals surface area contributed by atoms with E-state index in [4.69, 9.17) is 5.73 Å². The van der Waals surface area contributed by atoms with Crippen LogP contribution in [0.25, 0.3) is 0 Å². The highest BCUT2D eigenvalue weighted by Crippen LogP contribution is 2.29. The zero-order valence-corrected chi connectivity index (χ0v) is 11.0. The summed E-state index contributed by atoms with van der Waals surface area (Å²) in [6.07, 6.45) is -0.428. The van der Waals surface area contributed by atoms with Gasteiger partial charge in [0, 0.05) is 18.4 Å². The number of hydrogen-bond acceptors (Lipinski definition) is 2. The molecule has 0 aliphatic rings. The van der Waals surface area contributed by atoms with Gasteiger partial charge in [-0.15, -0.1) is 0 Å². The molecule has 1 aromatic heterocycles. The van der Waals surface area contributed by atoms with Gasteiger partial charge in [0.25, 0.3) is 0 Å². The molecule has 0 amide bonds. The average Bonchev–Trinajstić information content (AvgIpc) is 2.38. The highest BCUT2D eigenvalue weighted by Gasteiger charge is 2.29. The SMILES string of the molecule is Cc1cnccc1C(N)Cc1ccc(C(F)(F)F)cc1. The Hall–Kier alpha value is -1.88. The van der Waals surface area contributed by atoms with Gasteiger partial charge in [-0.2, -0.15) is 13.2 Å². The van der Waals surface area contributed by atoms with Gasteiger partial charge in [0.1, 0.15) is 0 Å². The Morgan fingerprint density at radius 3 is 2.35 bits per heavy atom. The Labute approximate surface area is 115 Å². The number of aromatic nitrogens is 1. The van der Waals surface area contributed by atoms with Gasteiger partial charge in [-0.25, -0.2) is 0 Å². The van der Waals surface area contributed by atoms with E-state index in [-0.39, 0.29) is 6.04 Å². The quantitative estimate of drug-likeness (QED) is 0.932. The maximum Gasteiger partial charge on any atom is 0.416 e. The molecule has 2 aromatic rings. The summed E-state index contributed by atoms with van der Waals surface area (Å²) in [7, 11) is 0. The second-order valence-electron chi connectivity index (χ2n) is 4.74. The number of aryl methyl sites for hydroxylation is 1. The molecule has 2 N–H and O–H groups in total. The van der Waals surface area contributed by atoms with E-state index in [1.807, 2.05) is 13.0 Å². The molecule has 0 aliphatic heterocycles. The summed E-state index contributed by atoms with van der Waals surface area (Å²) in [6, 6.07) is 6.69. The van der Waals surface area contributed by atoms with Crippen LogP contribution in [0.5, 0.6) is 0 Å². The van der Waals surface area contributed by atoms with Gasteiger partial charge < -0.3 is 5.73 Å². The van der Waals surface area contributed by atoms with Crippen LogP contribution in [0.2, 0.25) is 0 Å². The van der Waals surface area contributed by atoms with Crippen molar-refractivity contribution in [3.8, 4) is 0 Å². The molecular weight excluding hydrogens is 265 g/mol. The molecule has 0 spiro atoms. The van der Waals surface area contributed by atoms with Crippen LogP contribution in [0.4, 0.5) is 13.2 Å². The van der Waals surface area contributed by atoms with Crippen molar-refractivity contribution in [2.24, 2.45) is 5.73 Å². The first-order chi connectivity index (χ1) is 9.38. The van der Waals surface area contributed by atoms with E-state index in [0.717, 1.165) is 28.8 Å². The number of alkyl halides is 3. The summed E-state index contributed by atoms with van der Waals surface area (Å²) in [5, 5.41) is 0. The fourth-order valence-corrected chi connectivity index (χ4v) is 2.09. The molecule has 20 heavy (non-hydrogen) atoms. The summed E-state index contributed by atoms with van der Waals surface area (Å²) in [5.41, 5.74) is 8.17. The fourth-order valence-electron chi connectivity index (χ4n) is 2.09. The largest absolute Gasteiger partial charge is 0.416 e. The molecule has 1 heterocycles. The summed E-state index contributed by atoms with van der Waals surface area (Å²) in [6.45, 7) is 1.91. The molecule has 106 valence electrons. The van der Waals surface area contributed by atoms with E-state index >= 15 is 0 Å². The Kier molecular flexibility index (Phi) is 4.09. The first kappa shape index (κ1) is 14.5. The van der Waals surface area contributed by atoms with Crippen molar-refractivity contribution in [2.75, 3.05) is 0 Å². The summed E-state index contributed by atoms with van der Waals surface area (Å²) >= 11 is 0. The predicted octanol–water partition coefficient (Wildman–Crippen LogP) is 3.65. The minimum absolute atomic E-state index is 0.255. The van der Waals surface area contributed by atoms with Crippen LogP contribution >= 0.6 is 0 Å². The maximum absolute atomic E-state index is 12.5. The highest BCUT2D eigenvalue weighted by molar-refractivity contribution is 5.29. The molecule has 2 nitrogen and oxygen atoms in total. The zero-order chi connectivity index (χ0) is 14.8. The van der Waals surface area contributed by atoms with E-state index in [1.54, 1.807) is 12.4 Å². The third-order valence-corrected chi connectivity index (χ3v) is 3.20. The van der Waals surface area contributed by atoms with E-state index < -0.39 is 11.7 Å². The van der Waals surface area contributed by atoms with Crippen molar-refractivity contribution in [3.05, 3.63) is 65.0 Å². The number of halogens is 3. The third kappa shape index (κ3) is 3.36. The first-order valence-corrected chi connectivity index (χ1v) is 6.20. The van der Waals surface area contributed by atoms with Crippen molar-refractivity contribution in [1.82, 2.24) is 4.98 Å². The number of rotatable bonds is 3. The van der Waals surface area contributed by atoms with E-state index in [0.29, 0.717) is 6.42 Å². The highest BCUT2D eigenvalue weighted by atomic mass is 19.4. The molecule has 0 aliphatic carbocycles. The summed E-state index contributed by atoms with van der Waals surface area (Å²) < 4.78 is 37.4. The van der Waals surface area contributed by atoms with Crippen LogP contribution in [-0.4, -0.2) is 4.98 Å². The molecule has 0 fully saturated rings. The minimum Gasteiger partial charge on any atom is -0.324 e. The van der Waals surface area contributed by atoms with Crippen molar-refractivity contribution in [2.45, 2.75) is 25.6 Å². The maximum atomic E-state index is 12.5. The minimum atomic E-state index is -4.30. The molecule has 1 atom stereocenters. The van der Waals surface area contributed by atoms with E-state index in [2.05, 4.69) is 4.98 Å². The van der Waals surface area contributed by atoms with Crippen molar-refractivity contribution < 1.29 is 13.2 Å². The lowest BCUT2D eigenvalue weighted by Gasteiger charge is -2.15. The Balaban J connectivity index is 2.13. The monoisotopic (exact) mass is 280 g/mol. The Morgan fingerprint density at radius 2 is 1.80 bits per heavy atom. The molecule has 5 heteroatoms. The van der Waals surface area contributed by atoms with Gasteiger partial charge in [0.2, 0.25) is 0 Å². The predicted molar refractivity (Wildman–Crippen MR) is 71.1 cm³/mol. The van der Waals surface area contributed by atoms with Gasteiger partial charge in [-0.3, -0.25) is 4.98 Å². The third-order valence-electron chi connectivity index (χ3n) is 3.20. The number of hydrogen-bond donors (Lipinski definition) is 1. The van der Waals surface area contributed by atoms with Crippen LogP contribution in [-0.2, 0) is 12.6 Å². The molecule has 1 aromatic carbocycles. The van der Waals surface area contributed by atoms with Gasteiger partial charge in [0.15, 0.2) is 0 Å². The Bertz CT molecular complexity index is 576. The molecule has 2 rings (SSSR count). The normalized spacial score (nSPS) is 13.2. The molecule has 0 radical (unpaired) electrons. The fraction of sp³-hybridized carbons (Fsp3) is 0.267. The van der Waals surface area contributed by atoms with Crippen LogP contribution in [0.1, 0.15) is 28.3 Å². The number of pyridine rings is 1. The lowest BCUT2D eigenvalue weighted by atomic mass is 9.97. The molecule has 0 saturated carbocycles. The number of nitrogens with two attached hydrogens (primary N) is 1. The van der Waals surface area contributed by atoms with Gasteiger partial charge in [-0.05, 0) is 48.2 Å². The van der Waals surface area contributed by atoms with Crippen LogP contribution in [0, 0.1) is 6.92 Å². The lowest BCUT2D eigenvalue weighted by Crippen LogP contribution is -2.15. The van der Waals surface area contributed by atoms with Crippen molar-refractivity contribution in [3.63, 3.8) is 0 Å². The van der Waals surface area contributed by atoms with Crippen LogP contribution in [0.3, 0.4) is 0 Å². The van der Waals surface area contributed by atoms with Gasteiger partial charge >= 0.3 is 6.18 Å². The molecule has 0 saturated heterocycles. The van der Waals surface area contributed by atoms with E-state index in [1.165, 1.54) is 12.1 Å². The average molecular weight is 280 g/mol. The number of benzene rings is 1. The molecule has 1 unspecified atom stereocenters. The van der Waals surface area contributed by atoms with Gasteiger partial charge in [-0.1, -0.05) is 12.1 Å². The van der Waals surface area contributed by atoms with E-state index in [9.17, 15) is 13.2 Å². The number of nitrogens with zero attached hydrogens (tertiary/aromatic N) is 1. The lowest BCUT2D eigenvalue weighted by molar-refractivity contribution is -0.137. The smallest absolute Gasteiger partial charge is 0.324 e. The summed E-state index contributed by atoms with van der Waals surface area (Å²) in [5.74, 6) is 0. The first-order valence-electron chi connectivity index (χ1n) is 6.20. The topological polar surface area (TPSA) is 38.9 Å².